The van der Waals surface area contributed by atoms with Gasteiger partial charge in [0.15, 0.2) is 11.9 Å². The number of amides is 2. The summed E-state index contributed by atoms with van der Waals surface area (Å²) in [4.78, 5) is 65.1. The third-order valence-corrected chi connectivity index (χ3v) is 13.7. The first kappa shape index (κ1) is 49.0. The number of fused-ring (bicyclic) bond motifs is 4. The van der Waals surface area contributed by atoms with Gasteiger partial charge in [-0.2, -0.15) is 0 Å². The zero-order valence-electron chi connectivity index (χ0n) is 39.1. The first-order valence-electron chi connectivity index (χ1n) is 22.7. The summed E-state index contributed by atoms with van der Waals surface area (Å²) in [6, 6.07) is 2.58. The number of hydrogen-bond donors (Lipinski definition) is 2. The molecule has 4 fully saturated rings. The molecule has 14 atom stereocenters. The molecule has 2 aromatic heterocycles. The molecular formula is C46H69N7O11. The maximum absolute atomic E-state index is 15.0. The number of aryl methyl sites for hydroxylation is 1. The molecule has 18 heteroatoms. The van der Waals surface area contributed by atoms with Crippen LogP contribution in [0.2, 0.25) is 0 Å². The predicted molar refractivity (Wildman–Crippen MR) is 233 cm³/mol. The number of hydrogen-bond acceptors (Lipinski definition) is 15. The second kappa shape index (κ2) is 20.4. The Kier molecular flexibility index (Phi) is 15.6. The maximum Gasteiger partial charge on any atom is 0.410 e. The fourth-order valence-electron chi connectivity index (χ4n) is 10.4. The summed E-state index contributed by atoms with van der Waals surface area (Å²) < 4.78 is 40.4. The quantitative estimate of drug-likeness (QED) is 0.142. The number of rotatable bonds is 10. The van der Waals surface area contributed by atoms with Crippen LogP contribution in [-0.4, -0.2) is 153 Å². The molecule has 354 valence electrons. The highest BCUT2D eigenvalue weighted by atomic mass is 16.7. The number of nitrogens with zero attached hydrogens (tertiary/aromatic N) is 6. The molecule has 4 aliphatic rings. The summed E-state index contributed by atoms with van der Waals surface area (Å²) >= 11 is 0. The van der Waals surface area contributed by atoms with E-state index in [0.29, 0.717) is 37.1 Å². The van der Waals surface area contributed by atoms with Crippen LogP contribution in [0.4, 0.5) is 9.59 Å². The van der Waals surface area contributed by atoms with Crippen LogP contribution in [0.15, 0.2) is 42.9 Å². The van der Waals surface area contributed by atoms with E-state index in [2.05, 4.69) is 27.2 Å². The van der Waals surface area contributed by atoms with Crippen LogP contribution >= 0.6 is 0 Å². The topological polar surface area (TPSA) is 206 Å². The van der Waals surface area contributed by atoms with Gasteiger partial charge in [-0.15, -0.1) is 5.10 Å². The zero-order chi connectivity index (χ0) is 46.7. The molecule has 6 rings (SSSR count). The molecule has 0 radical (unpaired) electrons. The highest BCUT2D eigenvalue weighted by molar-refractivity contribution is 5.85. The molecule has 0 saturated carbocycles. The van der Waals surface area contributed by atoms with Gasteiger partial charge in [-0.3, -0.25) is 19.3 Å². The number of cyclic esters (lactones) is 1. The van der Waals surface area contributed by atoms with Gasteiger partial charge in [0.25, 0.3) is 0 Å². The number of aromatic nitrogens is 4. The van der Waals surface area contributed by atoms with Crippen LogP contribution in [0.5, 0.6) is 0 Å². The van der Waals surface area contributed by atoms with Gasteiger partial charge in [0, 0.05) is 61.4 Å². The Hall–Kier alpha value is -4.49. The minimum atomic E-state index is -1.58. The van der Waals surface area contributed by atoms with Crippen LogP contribution < -0.4 is 5.32 Å². The highest BCUT2D eigenvalue weighted by Crippen LogP contribution is 2.44. The van der Waals surface area contributed by atoms with Gasteiger partial charge in [-0.1, -0.05) is 39.5 Å². The highest BCUT2D eigenvalue weighted by Gasteiger charge is 2.60. The van der Waals surface area contributed by atoms with Crippen LogP contribution in [-0.2, 0) is 44.6 Å². The SMILES string of the molecule is C=C1CNC(=O)O[C@]2(C)C[C@@H](C)C(=O)[C@H](C)[C@@H]3N(CCCCn4cc(-c5cccnc5)nn4)C(=O)O[C@]3(C)[C@@H](CC)OC(=O)[C@H](C)[C@@H](OC1)[C@H](C)[C@H]2O[C@@H]1O[C@H](C)C[C@H](N(C)C)[C@H]1O. The number of Topliss-reactive ketones (excluding diaryl/α,β-unsaturated/α-hetero) is 1. The van der Waals surface area contributed by atoms with E-state index >= 15 is 4.79 Å². The van der Waals surface area contributed by atoms with Gasteiger partial charge in [-0.05, 0) is 91.6 Å². The van der Waals surface area contributed by atoms with Crippen molar-refractivity contribution in [1.29, 1.82) is 0 Å². The van der Waals surface area contributed by atoms with E-state index < -0.39 is 89.8 Å². The number of ether oxygens (including phenoxy) is 6. The third-order valence-electron chi connectivity index (χ3n) is 13.7. The molecule has 2 aromatic rings. The number of carbonyl (C=O) groups excluding carboxylic acids is 4. The molecule has 2 bridgehead atoms. The Morgan fingerprint density at radius 1 is 1.05 bits per heavy atom. The number of ketones is 1. The van der Waals surface area contributed by atoms with E-state index in [0.717, 1.165) is 5.56 Å². The molecule has 4 aliphatic heterocycles. The lowest BCUT2D eigenvalue weighted by atomic mass is 9.73. The van der Waals surface area contributed by atoms with E-state index in [1.807, 2.05) is 58.1 Å². The summed E-state index contributed by atoms with van der Waals surface area (Å²) in [5.41, 5.74) is -0.939. The van der Waals surface area contributed by atoms with Gasteiger partial charge in [-0.25, -0.2) is 9.59 Å². The van der Waals surface area contributed by atoms with Crippen molar-refractivity contribution in [2.45, 2.75) is 154 Å². The van der Waals surface area contributed by atoms with Crippen molar-refractivity contribution >= 4 is 23.9 Å². The number of nitrogens with one attached hydrogen (secondary N) is 1. The van der Waals surface area contributed by atoms with E-state index in [1.165, 1.54) is 0 Å². The first-order valence-corrected chi connectivity index (χ1v) is 22.7. The second-order valence-corrected chi connectivity index (χ2v) is 19.0. The summed E-state index contributed by atoms with van der Waals surface area (Å²) in [6.07, 6.45) is 0.294. The van der Waals surface area contributed by atoms with Gasteiger partial charge >= 0.3 is 18.2 Å². The maximum atomic E-state index is 15.0. The minimum Gasteiger partial charge on any atom is -0.458 e. The lowest BCUT2D eigenvalue weighted by Crippen LogP contribution is -2.61. The lowest BCUT2D eigenvalue weighted by Gasteiger charge is -2.48. The number of carbonyl (C=O) groups is 4. The van der Waals surface area contributed by atoms with Crippen molar-refractivity contribution in [2.75, 3.05) is 33.8 Å². The number of likely N-dealkylation sites (N-methyl/N-ethyl adjacent to an activating group) is 1. The Morgan fingerprint density at radius 2 is 1.78 bits per heavy atom. The minimum absolute atomic E-state index is 0.0167. The molecule has 6 heterocycles. The lowest BCUT2D eigenvalue weighted by molar-refractivity contribution is -0.299. The molecule has 0 aromatic carbocycles. The van der Waals surface area contributed by atoms with E-state index in [9.17, 15) is 19.5 Å². The van der Waals surface area contributed by atoms with Crippen molar-refractivity contribution in [3.63, 3.8) is 0 Å². The number of esters is 1. The third kappa shape index (κ3) is 10.5. The first-order chi connectivity index (χ1) is 30.3. The zero-order valence-corrected chi connectivity index (χ0v) is 39.1. The smallest absolute Gasteiger partial charge is 0.410 e. The Morgan fingerprint density at radius 3 is 2.47 bits per heavy atom. The Labute approximate surface area is 376 Å². The standard InChI is InChI=1S/C46H69N7O11/c1-12-35-46(9)39(53(44(58)64-46)19-14-13-18-52-24-33(49-50-52)32-16-15-17-47-23-32)29(5)36(54)27(3)21-45(8)40(62-42-37(55)34(51(10)11)20-28(4)60-42)30(6)38(31(7)41(56)61-35)59-25-26(2)22-48-43(57)63-45/h15-17,23-24,27-31,34-35,37-40,42,55H,2,12-14,18-22,25H2,1,3-11H3,(H,48,57)/t27-,28-,29+,30+,31-,34+,35-,37-,38+,39+,40-,42+,45-,46-/m1/s1. The van der Waals surface area contributed by atoms with Crippen LogP contribution in [0, 0.1) is 23.7 Å². The Bertz CT molecular complexity index is 1970. The number of alkyl carbamates (subject to hydrolysis) is 1. The molecule has 4 saturated heterocycles. The molecule has 2 N–H and O–H groups in total. The molecule has 2 amide bonds. The van der Waals surface area contributed by atoms with Crippen molar-refractivity contribution in [2.24, 2.45) is 23.7 Å². The van der Waals surface area contributed by atoms with Gasteiger partial charge in [0.2, 0.25) is 0 Å². The van der Waals surface area contributed by atoms with Gasteiger partial charge in [0.1, 0.15) is 35.4 Å². The van der Waals surface area contributed by atoms with Gasteiger partial charge in [0.05, 0.1) is 37.0 Å². The van der Waals surface area contributed by atoms with Crippen molar-refractivity contribution in [1.82, 2.24) is 35.1 Å². The van der Waals surface area contributed by atoms with Crippen molar-refractivity contribution in [3.05, 3.63) is 42.9 Å². The monoisotopic (exact) mass is 896 g/mol. The van der Waals surface area contributed by atoms with Crippen LogP contribution in [0.1, 0.15) is 87.5 Å². The molecule has 0 unspecified atom stereocenters. The normalized spacial score (nSPS) is 36.9. The fraction of sp³-hybridized carbons (Fsp3) is 0.717. The van der Waals surface area contributed by atoms with Crippen LogP contribution in [0.3, 0.4) is 0 Å². The number of pyridine rings is 1. The van der Waals surface area contributed by atoms with Crippen LogP contribution in [0.25, 0.3) is 11.3 Å². The van der Waals surface area contributed by atoms with Gasteiger partial charge < -0.3 is 48.6 Å². The predicted octanol–water partition coefficient (Wildman–Crippen LogP) is 4.79. The van der Waals surface area contributed by atoms with Crippen molar-refractivity contribution in [3.8, 4) is 11.3 Å². The molecule has 0 spiro atoms. The summed E-state index contributed by atoms with van der Waals surface area (Å²) in [6.45, 7) is 19.1. The molecule has 64 heavy (non-hydrogen) atoms. The summed E-state index contributed by atoms with van der Waals surface area (Å²) in [5.74, 6) is -4.12. The van der Waals surface area contributed by atoms with E-state index in [-0.39, 0.29) is 50.5 Å². The largest absolute Gasteiger partial charge is 0.458 e. The Balaban J connectivity index is 1.35. The number of aliphatic hydroxyl groups excluding tert-OH is 1. The van der Waals surface area contributed by atoms with Crippen molar-refractivity contribution < 1.29 is 52.7 Å². The average molecular weight is 896 g/mol. The fourth-order valence-corrected chi connectivity index (χ4v) is 10.4. The number of aliphatic hydroxyl groups is 1. The second-order valence-electron chi connectivity index (χ2n) is 19.0. The van der Waals surface area contributed by atoms with E-state index in [4.69, 9.17) is 28.4 Å². The van der Waals surface area contributed by atoms with E-state index in [1.54, 1.807) is 56.6 Å². The number of unbranched alkanes of at least 4 members (excludes halogenated alkanes) is 1. The molecule has 0 aliphatic carbocycles. The summed E-state index contributed by atoms with van der Waals surface area (Å²) in [7, 11) is 3.74. The molecular weight excluding hydrogens is 827 g/mol. The summed E-state index contributed by atoms with van der Waals surface area (Å²) in [5, 5.41) is 23.0. The molecule has 18 nitrogen and oxygen atoms in total. The average Bonchev–Trinajstić information content (AvgIpc) is 3.83.